The van der Waals surface area contributed by atoms with E-state index in [1.165, 1.54) is 3.12 Å². The van der Waals surface area contributed by atoms with Crippen LogP contribution in [0.5, 0.6) is 0 Å². The monoisotopic (exact) mass is 300 g/mol. The molecule has 39 valence electrons. The fourth-order valence-corrected chi connectivity index (χ4v) is 1.20. The fraction of sp³-hybridized carbons (Fsp3) is 0. The standard InChI is InChI=1S/C6H6N.Pb/c7-6-4-2-1-3-5-6;/h1-4H,7H2;. The molecule has 0 spiro atoms. The molecule has 0 saturated carbocycles. The molecule has 3 radical (unpaired) electrons. The summed E-state index contributed by atoms with van der Waals surface area (Å²) in [4.78, 5) is 0. The van der Waals surface area contributed by atoms with Crippen LogP contribution in [0.1, 0.15) is 0 Å². The van der Waals surface area contributed by atoms with Crippen LogP contribution in [0.15, 0.2) is 24.3 Å². The zero-order valence-corrected chi connectivity index (χ0v) is 8.27. The maximum atomic E-state index is 5.55. The molecule has 0 aliphatic heterocycles. The van der Waals surface area contributed by atoms with E-state index in [0.717, 1.165) is 31.5 Å². The van der Waals surface area contributed by atoms with Crippen LogP contribution in [-0.2, 0) is 0 Å². The average Bonchev–Trinajstić information content (AvgIpc) is 1.77. The normalized spacial score (nSPS) is 9.12. The van der Waals surface area contributed by atoms with E-state index in [9.17, 15) is 0 Å². The Labute approximate surface area is 64.6 Å². The van der Waals surface area contributed by atoms with Crippen molar-refractivity contribution in [2.24, 2.45) is 0 Å². The molecule has 0 aliphatic rings. The van der Waals surface area contributed by atoms with Crippen LogP contribution < -0.4 is 8.86 Å². The fourth-order valence-electron chi connectivity index (χ4n) is 0.497. The van der Waals surface area contributed by atoms with Gasteiger partial charge in [-0.1, -0.05) is 0 Å². The van der Waals surface area contributed by atoms with Crippen LogP contribution in [-0.4, -0.2) is 25.8 Å². The van der Waals surface area contributed by atoms with Crippen LogP contribution in [0.25, 0.3) is 0 Å². The number of nitrogen functional groups attached to an aromatic ring is 1. The Morgan fingerprint density at radius 1 is 1.25 bits per heavy atom. The first kappa shape index (κ1) is 6.07. The molecule has 1 nitrogen and oxygen atoms in total. The average molecular weight is 299 g/mol. The van der Waals surface area contributed by atoms with Gasteiger partial charge in [0.25, 0.3) is 0 Å². The third-order valence-electron chi connectivity index (χ3n) is 0.961. The van der Waals surface area contributed by atoms with Gasteiger partial charge in [0.15, 0.2) is 0 Å². The number of nitrogens with two attached hydrogens (primary N) is 1. The van der Waals surface area contributed by atoms with Gasteiger partial charge in [-0.2, -0.15) is 0 Å². The van der Waals surface area contributed by atoms with Crippen LogP contribution >= 0.6 is 0 Å². The Kier molecular flexibility index (Phi) is 1.88. The number of rotatable bonds is 0. The summed E-state index contributed by atoms with van der Waals surface area (Å²) in [6.45, 7) is 0. The summed E-state index contributed by atoms with van der Waals surface area (Å²) in [5, 5.41) is 0. The van der Waals surface area contributed by atoms with Gasteiger partial charge < -0.3 is 0 Å². The van der Waals surface area contributed by atoms with Gasteiger partial charge in [0.1, 0.15) is 0 Å². The summed E-state index contributed by atoms with van der Waals surface area (Å²) in [5.41, 5.74) is 6.48. The summed E-state index contributed by atoms with van der Waals surface area (Å²) in [6, 6.07) is 7.96. The Morgan fingerprint density at radius 3 is 2.25 bits per heavy atom. The van der Waals surface area contributed by atoms with Gasteiger partial charge in [-0.25, -0.2) is 0 Å². The molecule has 0 aromatic heterocycles. The second-order valence-electron chi connectivity index (χ2n) is 1.59. The molecule has 0 amide bonds. The Morgan fingerprint density at radius 2 is 1.88 bits per heavy atom. The first-order chi connectivity index (χ1) is 3.80. The zero-order chi connectivity index (χ0) is 5.98. The van der Waals surface area contributed by atoms with Crippen molar-refractivity contribution < 1.29 is 0 Å². The van der Waals surface area contributed by atoms with Gasteiger partial charge in [0.2, 0.25) is 0 Å². The first-order valence-corrected chi connectivity index (χ1v) is 4.31. The minimum atomic E-state index is 0.930. The van der Waals surface area contributed by atoms with E-state index in [2.05, 4.69) is 6.07 Å². The van der Waals surface area contributed by atoms with Crippen molar-refractivity contribution in [3.63, 3.8) is 0 Å². The van der Waals surface area contributed by atoms with E-state index in [4.69, 9.17) is 5.73 Å². The number of hydrogen-bond acceptors (Lipinski definition) is 1. The molecule has 0 bridgehead atoms. The van der Waals surface area contributed by atoms with E-state index in [-0.39, 0.29) is 0 Å². The Balaban J connectivity index is 3.13. The van der Waals surface area contributed by atoms with E-state index in [0.29, 0.717) is 0 Å². The summed E-state index contributed by atoms with van der Waals surface area (Å²) in [5.74, 6) is 0. The van der Waals surface area contributed by atoms with Crippen molar-refractivity contribution in [2.45, 2.75) is 0 Å². The van der Waals surface area contributed by atoms with Crippen molar-refractivity contribution in [3.8, 4) is 0 Å². The molecule has 1 rings (SSSR count). The zero-order valence-electron chi connectivity index (χ0n) is 4.39. The number of para-hydroxylation sites is 1. The number of hydrogen-bond donors (Lipinski definition) is 1. The predicted octanol–water partition coefficient (Wildman–Crippen LogP) is 0.0626. The second kappa shape index (κ2) is 2.48. The van der Waals surface area contributed by atoms with Crippen molar-refractivity contribution >= 4 is 34.6 Å². The molecule has 0 aliphatic carbocycles. The molecular weight excluding hydrogens is 293 g/mol. The summed E-state index contributed by atoms with van der Waals surface area (Å²) in [7, 11) is 0. The molecule has 8 heavy (non-hydrogen) atoms. The summed E-state index contributed by atoms with van der Waals surface area (Å²) < 4.78 is 1.28. The number of anilines is 1. The van der Waals surface area contributed by atoms with Crippen molar-refractivity contribution in [2.75, 3.05) is 5.73 Å². The number of benzene rings is 1. The molecule has 0 saturated heterocycles. The molecule has 0 heterocycles. The third-order valence-corrected chi connectivity index (χ3v) is 2.73. The SMILES string of the molecule is Nc1cccc[c]1[Pb]. The second-order valence-corrected chi connectivity index (χ2v) is 3.68. The van der Waals surface area contributed by atoms with E-state index >= 15 is 0 Å². The maximum absolute atomic E-state index is 5.55. The summed E-state index contributed by atoms with van der Waals surface area (Å²) in [6.07, 6.45) is 0. The van der Waals surface area contributed by atoms with Gasteiger partial charge >= 0.3 is 64.6 Å². The molecular formula is C6H6NPb. The quantitative estimate of drug-likeness (QED) is 0.532. The predicted molar refractivity (Wildman–Crippen MR) is 36.2 cm³/mol. The van der Waals surface area contributed by atoms with E-state index in [1.807, 2.05) is 18.2 Å². The van der Waals surface area contributed by atoms with Gasteiger partial charge in [-0.05, 0) is 0 Å². The van der Waals surface area contributed by atoms with E-state index in [1.54, 1.807) is 0 Å². The van der Waals surface area contributed by atoms with Crippen LogP contribution in [0.3, 0.4) is 0 Å². The topological polar surface area (TPSA) is 26.0 Å². The van der Waals surface area contributed by atoms with E-state index < -0.39 is 0 Å². The first-order valence-electron chi connectivity index (χ1n) is 2.37. The molecule has 1 aromatic carbocycles. The van der Waals surface area contributed by atoms with Gasteiger partial charge in [-0.15, -0.1) is 0 Å². The van der Waals surface area contributed by atoms with Crippen LogP contribution in [0, 0.1) is 0 Å². The van der Waals surface area contributed by atoms with Crippen LogP contribution in [0.2, 0.25) is 0 Å². The van der Waals surface area contributed by atoms with Gasteiger partial charge in [0, 0.05) is 0 Å². The van der Waals surface area contributed by atoms with Gasteiger partial charge in [-0.3, -0.25) is 0 Å². The van der Waals surface area contributed by atoms with Crippen molar-refractivity contribution in [3.05, 3.63) is 24.3 Å². The molecule has 0 fully saturated rings. The molecule has 1 aromatic rings. The van der Waals surface area contributed by atoms with Gasteiger partial charge in [0.05, 0.1) is 0 Å². The Hall–Kier alpha value is -0.0579. The van der Waals surface area contributed by atoms with Crippen LogP contribution in [0.4, 0.5) is 5.69 Å². The minimum absolute atomic E-state index is 0.930. The van der Waals surface area contributed by atoms with Crippen molar-refractivity contribution in [1.82, 2.24) is 0 Å². The molecule has 2 heteroatoms. The molecule has 0 unspecified atom stereocenters. The van der Waals surface area contributed by atoms with Crippen molar-refractivity contribution in [1.29, 1.82) is 0 Å². The third kappa shape index (κ3) is 1.21. The Bertz CT molecular complexity index is 165. The summed E-state index contributed by atoms with van der Waals surface area (Å²) >= 11 is 1.05. The molecule has 0 atom stereocenters. The molecule has 2 N–H and O–H groups in total.